The number of thiazole rings is 1. The molecule has 2 aromatic carbocycles. The fourth-order valence-corrected chi connectivity index (χ4v) is 4.96. The minimum atomic E-state index is -0.558. The van der Waals surface area contributed by atoms with Crippen molar-refractivity contribution in [2.45, 2.75) is 33.1 Å². The molecule has 1 N–H and O–H groups in total. The van der Waals surface area contributed by atoms with Gasteiger partial charge in [-0.2, -0.15) is 4.98 Å². The van der Waals surface area contributed by atoms with E-state index in [2.05, 4.69) is 34.1 Å². The molecule has 178 valence electrons. The number of carbonyl (C=O) groups is 2. The summed E-state index contributed by atoms with van der Waals surface area (Å²) in [7, 11) is 1.50. The smallest absolute Gasteiger partial charge is 0.251 e. The van der Waals surface area contributed by atoms with E-state index >= 15 is 0 Å². The second-order valence-corrected chi connectivity index (χ2v) is 9.10. The molecule has 0 radical (unpaired) electrons. The zero-order valence-electron chi connectivity index (χ0n) is 19.6. The van der Waals surface area contributed by atoms with Crippen molar-refractivity contribution in [3.63, 3.8) is 0 Å². The van der Waals surface area contributed by atoms with Gasteiger partial charge in [-0.15, -0.1) is 5.10 Å². The van der Waals surface area contributed by atoms with Crippen molar-refractivity contribution in [3.8, 4) is 11.4 Å². The van der Waals surface area contributed by atoms with Crippen LogP contribution in [0, 0.1) is 5.82 Å². The van der Waals surface area contributed by atoms with Crippen LogP contribution in [0.5, 0.6) is 0 Å². The van der Waals surface area contributed by atoms with E-state index in [-0.39, 0.29) is 28.6 Å². The predicted octanol–water partition coefficient (Wildman–Crippen LogP) is 4.80. The molecule has 7 nitrogen and oxygen atoms in total. The van der Waals surface area contributed by atoms with E-state index < -0.39 is 5.82 Å². The second-order valence-electron chi connectivity index (χ2n) is 8.10. The molecule has 2 heterocycles. The topological polar surface area (TPSA) is 79.6 Å². The Morgan fingerprint density at radius 2 is 1.85 bits per heavy atom. The van der Waals surface area contributed by atoms with Crippen molar-refractivity contribution in [3.05, 3.63) is 53.3 Å². The molecule has 4 aromatic rings. The van der Waals surface area contributed by atoms with Crippen LogP contribution in [0.1, 0.15) is 53.8 Å². The number of unbranched alkanes of at least 4 members (excludes halogenated alkanes) is 1. The van der Waals surface area contributed by atoms with E-state index in [1.54, 1.807) is 10.6 Å². The lowest BCUT2D eigenvalue weighted by molar-refractivity contribution is 0.0959. The Kier molecular flexibility index (Phi) is 7.33. The van der Waals surface area contributed by atoms with Gasteiger partial charge in [0.2, 0.25) is 4.96 Å². The molecular formula is C25H28FN5O2S. The first kappa shape index (κ1) is 24.0. The summed E-state index contributed by atoms with van der Waals surface area (Å²) >= 11 is 1.41. The third kappa shape index (κ3) is 4.85. The SMILES string of the molecule is CCN(CC)CCCCC(=O)c1ccc2c(c1)sc1nc(-c3ccc(C(=O)NC)cc3F)nn12. The first-order chi connectivity index (χ1) is 16.4. The Morgan fingerprint density at radius 1 is 1.09 bits per heavy atom. The second kappa shape index (κ2) is 10.4. The molecule has 4 rings (SSSR count). The highest BCUT2D eigenvalue weighted by molar-refractivity contribution is 7.23. The molecule has 0 unspecified atom stereocenters. The van der Waals surface area contributed by atoms with Crippen LogP contribution < -0.4 is 5.32 Å². The minimum Gasteiger partial charge on any atom is -0.355 e. The van der Waals surface area contributed by atoms with E-state index in [0.717, 1.165) is 42.7 Å². The number of Topliss-reactive ketones (excluding diaryl/α,β-unsaturated/α-hetero) is 1. The van der Waals surface area contributed by atoms with Crippen LogP contribution in [0.2, 0.25) is 0 Å². The normalized spacial score (nSPS) is 11.6. The van der Waals surface area contributed by atoms with Gasteiger partial charge in [-0.25, -0.2) is 8.91 Å². The molecule has 0 aliphatic heterocycles. The number of halogens is 1. The molecule has 1 amide bonds. The van der Waals surface area contributed by atoms with Crippen LogP contribution >= 0.6 is 11.3 Å². The highest BCUT2D eigenvalue weighted by atomic mass is 32.1. The van der Waals surface area contributed by atoms with Gasteiger partial charge in [0, 0.05) is 24.6 Å². The van der Waals surface area contributed by atoms with Crippen LogP contribution in [-0.2, 0) is 0 Å². The lowest BCUT2D eigenvalue weighted by atomic mass is 10.1. The molecule has 0 aliphatic rings. The molecule has 0 atom stereocenters. The first-order valence-corrected chi connectivity index (χ1v) is 12.3. The Bertz CT molecular complexity index is 1340. The number of nitrogens with one attached hydrogen (secondary N) is 1. The highest BCUT2D eigenvalue weighted by Gasteiger charge is 2.17. The number of fused-ring (bicyclic) bond motifs is 3. The Labute approximate surface area is 201 Å². The van der Waals surface area contributed by atoms with Gasteiger partial charge in [0.25, 0.3) is 5.91 Å². The van der Waals surface area contributed by atoms with Gasteiger partial charge in [0.1, 0.15) is 5.82 Å². The predicted molar refractivity (Wildman–Crippen MR) is 133 cm³/mol. The van der Waals surface area contributed by atoms with E-state index in [1.165, 1.54) is 30.5 Å². The lowest BCUT2D eigenvalue weighted by Gasteiger charge is -2.17. The van der Waals surface area contributed by atoms with E-state index in [0.29, 0.717) is 16.9 Å². The van der Waals surface area contributed by atoms with Crippen LogP contribution in [0.25, 0.3) is 26.6 Å². The number of benzene rings is 2. The summed E-state index contributed by atoms with van der Waals surface area (Å²) in [5.41, 5.74) is 1.98. The number of hydrogen-bond donors (Lipinski definition) is 1. The molecule has 0 spiro atoms. The fraction of sp³-hybridized carbons (Fsp3) is 0.360. The average molecular weight is 482 g/mol. The van der Waals surface area contributed by atoms with E-state index in [9.17, 15) is 14.0 Å². The number of ketones is 1. The van der Waals surface area contributed by atoms with Gasteiger partial charge in [0.05, 0.1) is 15.8 Å². The van der Waals surface area contributed by atoms with Gasteiger partial charge < -0.3 is 10.2 Å². The molecule has 34 heavy (non-hydrogen) atoms. The standard InChI is InChI=1S/C25H28FN5O2S/c1-4-30(5-2)13-7-6-8-21(32)16-10-12-20-22(15-16)34-25-28-23(29-31(20)25)18-11-9-17(14-19(18)26)24(33)27-3/h9-12,14-15H,4-8,13H2,1-3H3,(H,27,33). The monoisotopic (exact) mass is 481 g/mol. The summed E-state index contributed by atoms with van der Waals surface area (Å²) < 4.78 is 17.2. The maximum Gasteiger partial charge on any atom is 0.251 e. The molecule has 0 aliphatic carbocycles. The number of nitrogens with zero attached hydrogens (tertiary/aromatic N) is 4. The summed E-state index contributed by atoms with van der Waals surface area (Å²) in [6.07, 6.45) is 2.41. The molecular weight excluding hydrogens is 453 g/mol. The number of aromatic nitrogens is 3. The van der Waals surface area contributed by atoms with Crippen LogP contribution in [0.4, 0.5) is 4.39 Å². The molecule has 0 fully saturated rings. The van der Waals surface area contributed by atoms with E-state index in [4.69, 9.17) is 0 Å². The third-order valence-electron chi connectivity index (χ3n) is 6.01. The van der Waals surface area contributed by atoms with Crippen molar-refractivity contribution >= 4 is 38.2 Å². The van der Waals surface area contributed by atoms with E-state index in [1.807, 2.05) is 18.2 Å². The zero-order valence-corrected chi connectivity index (χ0v) is 20.4. The first-order valence-electron chi connectivity index (χ1n) is 11.5. The maximum absolute atomic E-state index is 14.6. The Balaban J connectivity index is 1.51. The Hall–Kier alpha value is -3.17. The Morgan fingerprint density at radius 3 is 2.56 bits per heavy atom. The van der Waals surface area contributed by atoms with Crippen LogP contribution in [0.15, 0.2) is 36.4 Å². The molecule has 0 saturated heterocycles. The summed E-state index contributed by atoms with van der Waals surface area (Å²) in [5, 5.41) is 6.96. The number of carbonyl (C=O) groups excluding carboxylic acids is 2. The summed E-state index contributed by atoms with van der Waals surface area (Å²) in [4.78, 5) is 31.9. The molecule has 9 heteroatoms. The summed E-state index contributed by atoms with van der Waals surface area (Å²) in [6, 6.07) is 9.82. The summed E-state index contributed by atoms with van der Waals surface area (Å²) in [6.45, 7) is 7.39. The van der Waals surface area contributed by atoms with Gasteiger partial charge in [-0.05, 0) is 68.9 Å². The summed E-state index contributed by atoms with van der Waals surface area (Å²) in [5.74, 6) is -0.524. The van der Waals surface area contributed by atoms with Crippen molar-refractivity contribution in [2.75, 3.05) is 26.7 Å². The largest absolute Gasteiger partial charge is 0.355 e. The lowest BCUT2D eigenvalue weighted by Crippen LogP contribution is -2.24. The van der Waals surface area contributed by atoms with Gasteiger partial charge in [-0.1, -0.05) is 25.2 Å². The van der Waals surface area contributed by atoms with Crippen molar-refractivity contribution in [1.29, 1.82) is 0 Å². The molecule has 0 bridgehead atoms. The van der Waals surface area contributed by atoms with Crippen molar-refractivity contribution < 1.29 is 14.0 Å². The fourth-order valence-electron chi connectivity index (χ4n) is 3.96. The maximum atomic E-state index is 14.6. The highest BCUT2D eigenvalue weighted by Crippen LogP contribution is 2.29. The van der Waals surface area contributed by atoms with Gasteiger partial charge >= 0.3 is 0 Å². The number of hydrogen-bond acceptors (Lipinski definition) is 6. The molecule has 0 saturated carbocycles. The zero-order chi connectivity index (χ0) is 24.2. The van der Waals surface area contributed by atoms with Crippen LogP contribution in [0.3, 0.4) is 0 Å². The molecule has 2 aromatic heterocycles. The quantitative estimate of drug-likeness (QED) is 0.260. The average Bonchev–Trinajstić information content (AvgIpc) is 3.40. The van der Waals surface area contributed by atoms with Gasteiger partial charge in [-0.3, -0.25) is 9.59 Å². The van der Waals surface area contributed by atoms with Crippen molar-refractivity contribution in [1.82, 2.24) is 24.8 Å². The van der Waals surface area contributed by atoms with Crippen molar-refractivity contribution in [2.24, 2.45) is 0 Å². The third-order valence-corrected chi connectivity index (χ3v) is 7.00. The number of rotatable bonds is 10. The van der Waals surface area contributed by atoms with Gasteiger partial charge in [0.15, 0.2) is 11.6 Å². The minimum absolute atomic E-state index is 0.138. The van der Waals surface area contributed by atoms with Crippen LogP contribution in [-0.4, -0.2) is 57.9 Å². The number of amides is 1.